The predicted octanol–water partition coefficient (Wildman–Crippen LogP) is 4.28. The van der Waals surface area contributed by atoms with Gasteiger partial charge in [-0.2, -0.15) is 0 Å². The molecule has 0 saturated heterocycles. The highest BCUT2D eigenvalue weighted by Crippen LogP contribution is 2.29. The summed E-state index contributed by atoms with van der Waals surface area (Å²) in [5.41, 5.74) is 2.26. The second kappa shape index (κ2) is 7.07. The lowest BCUT2D eigenvalue weighted by Gasteiger charge is -2.17. The molecule has 126 valence electrons. The minimum atomic E-state index is -0.367. The summed E-state index contributed by atoms with van der Waals surface area (Å²) < 4.78 is 11.1. The third-order valence-corrected chi connectivity index (χ3v) is 5.02. The van der Waals surface area contributed by atoms with E-state index in [9.17, 15) is 4.79 Å². The number of rotatable bonds is 4. The molecule has 1 aromatic heterocycles. The number of nitrogens with zero attached hydrogens (tertiary/aromatic N) is 1. The fourth-order valence-corrected chi connectivity index (χ4v) is 3.64. The maximum absolute atomic E-state index is 12.4. The summed E-state index contributed by atoms with van der Waals surface area (Å²) in [6.07, 6.45) is 4.24. The van der Waals surface area contributed by atoms with Crippen LogP contribution in [0.25, 0.3) is 0 Å². The van der Waals surface area contributed by atoms with Crippen LogP contribution >= 0.6 is 11.3 Å². The summed E-state index contributed by atoms with van der Waals surface area (Å²) in [6.45, 7) is 0.747. The van der Waals surface area contributed by atoms with Crippen LogP contribution in [0, 0.1) is 0 Å². The Morgan fingerprint density at radius 2 is 2.08 bits per heavy atom. The Labute approximate surface area is 150 Å². The first kappa shape index (κ1) is 15.8. The van der Waals surface area contributed by atoms with Crippen LogP contribution in [-0.2, 0) is 12.8 Å². The average Bonchev–Trinajstić information content (AvgIpc) is 3.11. The molecule has 0 amide bonds. The minimum Gasteiger partial charge on any atom is -0.493 e. The van der Waals surface area contributed by atoms with Gasteiger partial charge in [-0.05, 0) is 42.2 Å². The molecule has 0 N–H and O–H groups in total. The van der Waals surface area contributed by atoms with Crippen molar-refractivity contribution in [1.29, 1.82) is 0 Å². The van der Waals surface area contributed by atoms with Crippen LogP contribution in [0.15, 0.2) is 54.7 Å². The van der Waals surface area contributed by atoms with E-state index in [1.165, 1.54) is 16.9 Å². The van der Waals surface area contributed by atoms with Gasteiger partial charge in [0.2, 0.25) is 0 Å². The molecule has 2 heterocycles. The molecule has 1 aliphatic rings. The molecular weight excluding hydrogens is 334 g/mol. The first-order chi connectivity index (χ1) is 12.3. The minimum absolute atomic E-state index is 0.367. The second-order valence-electron chi connectivity index (χ2n) is 5.89. The van der Waals surface area contributed by atoms with Crippen LogP contribution in [0.1, 0.15) is 32.2 Å². The zero-order valence-electron chi connectivity index (χ0n) is 13.6. The highest BCUT2D eigenvalue weighted by molar-refractivity contribution is 7.13. The second-order valence-corrected chi connectivity index (χ2v) is 7.01. The Morgan fingerprint density at radius 1 is 1.20 bits per heavy atom. The van der Waals surface area contributed by atoms with Crippen LogP contribution < -0.4 is 9.47 Å². The molecule has 0 atom stereocenters. The Bertz CT molecular complexity index is 889. The molecule has 0 saturated carbocycles. The standard InChI is InChI=1S/C20H17NO3S/c22-20(24-16-8-9-17-15(12-16)7-4-10-23-17)18-13-21-19(25-18)11-14-5-2-1-3-6-14/h1-3,5-6,8-9,12-13H,4,7,10-11H2. The molecule has 4 nitrogen and oxygen atoms in total. The van der Waals surface area contributed by atoms with E-state index in [-0.39, 0.29) is 5.97 Å². The van der Waals surface area contributed by atoms with E-state index in [0.29, 0.717) is 10.6 Å². The smallest absolute Gasteiger partial charge is 0.355 e. The van der Waals surface area contributed by atoms with Gasteiger partial charge in [-0.25, -0.2) is 9.78 Å². The van der Waals surface area contributed by atoms with Gasteiger partial charge in [-0.1, -0.05) is 30.3 Å². The van der Waals surface area contributed by atoms with Crippen molar-refractivity contribution in [2.24, 2.45) is 0 Å². The van der Waals surface area contributed by atoms with Gasteiger partial charge in [0.25, 0.3) is 0 Å². The largest absolute Gasteiger partial charge is 0.493 e. The molecule has 3 aromatic rings. The number of carbonyl (C=O) groups is 1. The lowest BCUT2D eigenvalue weighted by atomic mass is 10.1. The Morgan fingerprint density at radius 3 is 2.96 bits per heavy atom. The summed E-state index contributed by atoms with van der Waals surface area (Å²) in [7, 11) is 0. The molecule has 0 aliphatic carbocycles. The number of fused-ring (bicyclic) bond motifs is 1. The van der Waals surface area contributed by atoms with Crippen molar-refractivity contribution in [1.82, 2.24) is 4.98 Å². The zero-order chi connectivity index (χ0) is 17.1. The third kappa shape index (κ3) is 3.72. The van der Waals surface area contributed by atoms with E-state index in [1.807, 2.05) is 30.3 Å². The summed E-state index contributed by atoms with van der Waals surface area (Å²) in [6, 6.07) is 15.6. The van der Waals surface area contributed by atoms with Crippen molar-refractivity contribution in [3.05, 3.63) is 75.7 Å². The van der Waals surface area contributed by atoms with Crippen LogP contribution in [0.5, 0.6) is 11.5 Å². The molecule has 0 spiro atoms. The highest BCUT2D eigenvalue weighted by atomic mass is 32.1. The molecule has 5 heteroatoms. The number of benzene rings is 2. The third-order valence-electron chi connectivity index (χ3n) is 4.04. The van der Waals surface area contributed by atoms with Gasteiger partial charge in [0.05, 0.1) is 17.8 Å². The van der Waals surface area contributed by atoms with Crippen molar-refractivity contribution in [3.8, 4) is 11.5 Å². The average molecular weight is 351 g/mol. The van der Waals surface area contributed by atoms with Crippen molar-refractivity contribution >= 4 is 17.3 Å². The molecule has 25 heavy (non-hydrogen) atoms. The highest BCUT2D eigenvalue weighted by Gasteiger charge is 2.16. The summed E-state index contributed by atoms with van der Waals surface area (Å²) in [4.78, 5) is 17.2. The number of thiazole rings is 1. The maximum Gasteiger partial charge on any atom is 0.355 e. The molecule has 1 aliphatic heterocycles. The Balaban J connectivity index is 1.45. The molecule has 0 fully saturated rings. The Kier molecular flexibility index (Phi) is 4.48. The maximum atomic E-state index is 12.4. The number of esters is 1. The molecule has 4 rings (SSSR count). The van der Waals surface area contributed by atoms with Crippen LogP contribution in [0.3, 0.4) is 0 Å². The SMILES string of the molecule is O=C(Oc1ccc2c(c1)CCCO2)c1cnc(Cc2ccccc2)s1. The number of aryl methyl sites for hydroxylation is 1. The fourth-order valence-electron chi connectivity index (χ4n) is 2.81. The van der Waals surface area contributed by atoms with Crippen LogP contribution in [0.2, 0.25) is 0 Å². The Hall–Kier alpha value is -2.66. The molecule has 2 aromatic carbocycles. The quantitative estimate of drug-likeness (QED) is 0.520. The van der Waals surface area contributed by atoms with E-state index in [2.05, 4.69) is 17.1 Å². The number of hydrogen-bond donors (Lipinski definition) is 0. The lowest BCUT2D eigenvalue weighted by molar-refractivity contribution is 0.0739. The summed E-state index contributed by atoms with van der Waals surface area (Å²) in [5, 5.41) is 0.900. The van der Waals surface area contributed by atoms with Gasteiger partial charge in [0.1, 0.15) is 16.4 Å². The predicted molar refractivity (Wildman–Crippen MR) is 96.6 cm³/mol. The van der Waals surface area contributed by atoms with Crippen molar-refractivity contribution in [3.63, 3.8) is 0 Å². The van der Waals surface area contributed by atoms with Gasteiger partial charge in [-0.3, -0.25) is 0 Å². The van der Waals surface area contributed by atoms with Gasteiger partial charge < -0.3 is 9.47 Å². The van der Waals surface area contributed by atoms with Gasteiger partial charge >= 0.3 is 5.97 Å². The van der Waals surface area contributed by atoms with Gasteiger partial charge in [0, 0.05) is 6.42 Å². The summed E-state index contributed by atoms with van der Waals surface area (Å²) >= 11 is 1.37. The molecule has 0 bridgehead atoms. The van der Waals surface area contributed by atoms with E-state index < -0.39 is 0 Å². The number of aromatic nitrogens is 1. The molecule has 0 radical (unpaired) electrons. The number of carbonyl (C=O) groups excluding carboxylic acids is 1. The zero-order valence-corrected chi connectivity index (χ0v) is 14.4. The monoisotopic (exact) mass is 351 g/mol. The first-order valence-corrected chi connectivity index (χ1v) is 9.06. The normalized spacial score (nSPS) is 13.0. The van der Waals surface area contributed by atoms with Crippen molar-refractivity contribution in [2.45, 2.75) is 19.3 Å². The van der Waals surface area contributed by atoms with Crippen molar-refractivity contribution in [2.75, 3.05) is 6.61 Å². The number of ether oxygens (including phenoxy) is 2. The molecular formula is C20H17NO3S. The fraction of sp³-hybridized carbons (Fsp3) is 0.200. The van der Waals surface area contributed by atoms with E-state index in [0.717, 1.165) is 42.2 Å². The molecule has 0 unspecified atom stereocenters. The van der Waals surface area contributed by atoms with Crippen LogP contribution in [-0.4, -0.2) is 17.6 Å². The van der Waals surface area contributed by atoms with E-state index in [1.54, 1.807) is 12.3 Å². The topological polar surface area (TPSA) is 48.4 Å². The first-order valence-electron chi connectivity index (χ1n) is 8.24. The summed E-state index contributed by atoms with van der Waals surface area (Å²) in [5.74, 6) is 1.06. The van der Waals surface area contributed by atoms with Crippen LogP contribution in [0.4, 0.5) is 0 Å². The van der Waals surface area contributed by atoms with Gasteiger partial charge in [0.15, 0.2) is 0 Å². The van der Waals surface area contributed by atoms with E-state index >= 15 is 0 Å². The lowest BCUT2D eigenvalue weighted by Crippen LogP contribution is -2.10. The van der Waals surface area contributed by atoms with E-state index in [4.69, 9.17) is 9.47 Å². The number of hydrogen-bond acceptors (Lipinski definition) is 5. The van der Waals surface area contributed by atoms with Gasteiger partial charge in [-0.15, -0.1) is 11.3 Å². The van der Waals surface area contributed by atoms with Crippen molar-refractivity contribution < 1.29 is 14.3 Å².